The molecule has 0 aromatic carbocycles. The standard InChI is InChI=1S/C14H14N4O2/c1-4-18-7-11(14-17-16-9(3)20-14)12(19)10-6-5-8(2)15-13(10)18/h5-7H,4H2,1-3H3. The molecule has 102 valence electrons. The third-order valence-electron chi connectivity index (χ3n) is 3.16. The molecule has 0 saturated carbocycles. The van der Waals surface area contributed by atoms with E-state index in [0.717, 1.165) is 5.69 Å². The van der Waals surface area contributed by atoms with Crippen LogP contribution in [0.15, 0.2) is 27.5 Å². The predicted molar refractivity (Wildman–Crippen MR) is 74.4 cm³/mol. The monoisotopic (exact) mass is 270 g/mol. The van der Waals surface area contributed by atoms with Gasteiger partial charge in [0.15, 0.2) is 0 Å². The molecule has 0 amide bonds. The van der Waals surface area contributed by atoms with Gasteiger partial charge >= 0.3 is 0 Å². The molecule has 3 rings (SSSR count). The average molecular weight is 270 g/mol. The first-order chi connectivity index (χ1) is 9.60. The molecule has 0 saturated heterocycles. The minimum atomic E-state index is -0.138. The SMILES string of the molecule is CCn1cc(-c2nnc(C)o2)c(=O)c2ccc(C)nc21. The molecule has 0 aliphatic rings. The topological polar surface area (TPSA) is 73.8 Å². The molecule has 6 nitrogen and oxygen atoms in total. The van der Waals surface area contributed by atoms with E-state index in [1.54, 1.807) is 19.2 Å². The Morgan fingerprint density at radius 2 is 2.05 bits per heavy atom. The Hall–Kier alpha value is -2.50. The number of fused-ring (bicyclic) bond motifs is 1. The smallest absolute Gasteiger partial charge is 0.253 e. The van der Waals surface area contributed by atoms with E-state index in [1.165, 1.54) is 0 Å². The fraction of sp³-hybridized carbons (Fsp3) is 0.286. The molecule has 0 aliphatic carbocycles. The average Bonchev–Trinajstić information content (AvgIpc) is 2.85. The first-order valence-corrected chi connectivity index (χ1v) is 6.41. The van der Waals surface area contributed by atoms with Crippen LogP contribution < -0.4 is 5.43 Å². The van der Waals surface area contributed by atoms with Gasteiger partial charge in [-0.25, -0.2) is 4.98 Å². The van der Waals surface area contributed by atoms with Crippen LogP contribution in [0.5, 0.6) is 0 Å². The van der Waals surface area contributed by atoms with Crippen molar-refractivity contribution in [3.63, 3.8) is 0 Å². The molecule has 0 unspecified atom stereocenters. The lowest BCUT2D eigenvalue weighted by molar-refractivity contribution is 0.531. The van der Waals surface area contributed by atoms with Crippen molar-refractivity contribution in [2.75, 3.05) is 0 Å². The van der Waals surface area contributed by atoms with E-state index in [4.69, 9.17) is 4.42 Å². The third kappa shape index (κ3) is 1.89. The fourth-order valence-corrected chi connectivity index (χ4v) is 2.16. The Labute approximate surface area is 115 Å². The van der Waals surface area contributed by atoms with Gasteiger partial charge in [-0.1, -0.05) is 0 Å². The molecule has 0 aliphatic heterocycles. The number of hydrogen-bond acceptors (Lipinski definition) is 5. The van der Waals surface area contributed by atoms with Gasteiger partial charge in [-0.2, -0.15) is 0 Å². The molecule has 0 radical (unpaired) electrons. The Kier molecular flexibility index (Phi) is 2.85. The van der Waals surface area contributed by atoms with E-state index >= 15 is 0 Å². The van der Waals surface area contributed by atoms with Crippen molar-refractivity contribution in [1.29, 1.82) is 0 Å². The Bertz CT molecular complexity index is 848. The molecule has 3 heterocycles. The third-order valence-corrected chi connectivity index (χ3v) is 3.16. The Morgan fingerprint density at radius 1 is 1.25 bits per heavy atom. The molecule has 0 spiro atoms. The molecule has 0 atom stereocenters. The summed E-state index contributed by atoms with van der Waals surface area (Å²) < 4.78 is 7.28. The lowest BCUT2D eigenvalue weighted by Crippen LogP contribution is -2.13. The number of pyridine rings is 2. The summed E-state index contributed by atoms with van der Waals surface area (Å²) in [5.74, 6) is 0.682. The largest absolute Gasteiger partial charge is 0.421 e. The normalized spacial score (nSPS) is 11.2. The van der Waals surface area contributed by atoms with E-state index in [2.05, 4.69) is 15.2 Å². The summed E-state index contributed by atoms with van der Waals surface area (Å²) >= 11 is 0. The molecule has 6 heteroatoms. The van der Waals surface area contributed by atoms with Crippen LogP contribution in [0.25, 0.3) is 22.5 Å². The van der Waals surface area contributed by atoms with Crippen molar-refractivity contribution in [1.82, 2.24) is 19.7 Å². The summed E-state index contributed by atoms with van der Waals surface area (Å²) in [4.78, 5) is 17.0. The van der Waals surface area contributed by atoms with Gasteiger partial charge in [0.2, 0.25) is 11.3 Å². The summed E-state index contributed by atoms with van der Waals surface area (Å²) in [7, 11) is 0. The zero-order valence-corrected chi connectivity index (χ0v) is 11.5. The van der Waals surface area contributed by atoms with Gasteiger partial charge in [-0.05, 0) is 26.0 Å². The van der Waals surface area contributed by atoms with Crippen molar-refractivity contribution in [3.05, 3.63) is 40.1 Å². The van der Waals surface area contributed by atoms with Crippen LogP contribution in [0.4, 0.5) is 0 Å². The molecule has 3 aromatic rings. The lowest BCUT2D eigenvalue weighted by Gasteiger charge is -2.09. The van der Waals surface area contributed by atoms with E-state index in [-0.39, 0.29) is 11.3 Å². The van der Waals surface area contributed by atoms with Crippen molar-refractivity contribution >= 4 is 11.0 Å². The van der Waals surface area contributed by atoms with Gasteiger partial charge in [0.25, 0.3) is 5.89 Å². The van der Waals surface area contributed by atoms with Gasteiger partial charge < -0.3 is 8.98 Å². The molecular formula is C14H14N4O2. The van der Waals surface area contributed by atoms with Crippen LogP contribution in [0.2, 0.25) is 0 Å². The van der Waals surface area contributed by atoms with E-state index in [1.807, 2.05) is 24.5 Å². The van der Waals surface area contributed by atoms with Crippen LogP contribution in [-0.4, -0.2) is 19.7 Å². The second-order valence-electron chi connectivity index (χ2n) is 4.61. The number of rotatable bonds is 2. The highest BCUT2D eigenvalue weighted by Crippen LogP contribution is 2.18. The van der Waals surface area contributed by atoms with Crippen molar-refractivity contribution in [2.24, 2.45) is 0 Å². The minimum Gasteiger partial charge on any atom is -0.421 e. The second kappa shape index (κ2) is 4.56. The maximum absolute atomic E-state index is 12.5. The summed E-state index contributed by atoms with van der Waals surface area (Å²) in [5, 5.41) is 8.26. The van der Waals surface area contributed by atoms with Crippen molar-refractivity contribution < 1.29 is 4.42 Å². The molecule has 0 bridgehead atoms. The number of hydrogen-bond donors (Lipinski definition) is 0. The van der Waals surface area contributed by atoms with Gasteiger partial charge in [0, 0.05) is 25.4 Å². The summed E-state index contributed by atoms with van der Waals surface area (Å²) in [6.07, 6.45) is 1.73. The summed E-state index contributed by atoms with van der Waals surface area (Å²) in [6, 6.07) is 3.62. The van der Waals surface area contributed by atoms with Crippen LogP contribution in [-0.2, 0) is 6.54 Å². The van der Waals surface area contributed by atoms with E-state index < -0.39 is 0 Å². The van der Waals surface area contributed by atoms with Gasteiger partial charge in [0.1, 0.15) is 11.2 Å². The van der Waals surface area contributed by atoms with Crippen molar-refractivity contribution in [2.45, 2.75) is 27.3 Å². The maximum Gasteiger partial charge on any atom is 0.253 e. The Morgan fingerprint density at radius 3 is 2.70 bits per heavy atom. The summed E-state index contributed by atoms with van der Waals surface area (Å²) in [5.41, 5.74) is 1.82. The highest BCUT2D eigenvalue weighted by molar-refractivity contribution is 5.79. The number of nitrogens with zero attached hydrogens (tertiary/aromatic N) is 4. The van der Waals surface area contributed by atoms with Gasteiger partial charge in [0.05, 0.1) is 5.39 Å². The predicted octanol–water partition coefficient (Wildman–Crippen LogP) is 2.08. The highest BCUT2D eigenvalue weighted by Gasteiger charge is 2.15. The lowest BCUT2D eigenvalue weighted by atomic mass is 10.2. The zero-order chi connectivity index (χ0) is 14.3. The van der Waals surface area contributed by atoms with Crippen molar-refractivity contribution in [3.8, 4) is 11.5 Å². The molecular weight excluding hydrogens is 256 g/mol. The molecule has 0 fully saturated rings. The first kappa shape index (κ1) is 12.5. The first-order valence-electron chi connectivity index (χ1n) is 6.41. The summed E-state index contributed by atoms with van der Waals surface area (Å²) in [6.45, 7) is 6.30. The van der Waals surface area contributed by atoms with Gasteiger partial charge in [-0.3, -0.25) is 4.79 Å². The minimum absolute atomic E-state index is 0.138. The second-order valence-corrected chi connectivity index (χ2v) is 4.61. The maximum atomic E-state index is 12.5. The highest BCUT2D eigenvalue weighted by atomic mass is 16.4. The van der Waals surface area contributed by atoms with Gasteiger partial charge in [-0.15, -0.1) is 10.2 Å². The fourth-order valence-electron chi connectivity index (χ4n) is 2.16. The van der Waals surface area contributed by atoms with E-state index in [0.29, 0.717) is 29.0 Å². The van der Waals surface area contributed by atoms with Crippen LogP contribution in [0.1, 0.15) is 18.5 Å². The van der Waals surface area contributed by atoms with E-state index in [9.17, 15) is 4.79 Å². The van der Waals surface area contributed by atoms with Crippen LogP contribution in [0, 0.1) is 13.8 Å². The van der Waals surface area contributed by atoms with Crippen LogP contribution in [0.3, 0.4) is 0 Å². The Balaban J connectivity index is 2.38. The zero-order valence-electron chi connectivity index (χ0n) is 11.5. The number of aryl methyl sites for hydroxylation is 3. The quantitative estimate of drug-likeness (QED) is 0.712. The molecule has 3 aromatic heterocycles. The molecule has 0 N–H and O–H groups in total. The van der Waals surface area contributed by atoms with Crippen LogP contribution >= 0.6 is 0 Å². The molecule has 20 heavy (non-hydrogen) atoms. The number of aromatic nitrogens is 4.